The van der Waals surface area contributed by atoms with Gasteiger partial charge >= 0.3 is 11.9 Å². The van der Waals surface area contributed by atoms with Gasteiger partial charge in [0.2, 0.25) is 0 Å². The SMILES string of the molecule is COC(=O)c1ccc(C(=O)OC)c(NC(=S)N2CCC[C@H](C)C2)c1. The van der Waals surface area contributed by atoms with E-state index in [0.717, 1.165) is 19.5 Å². The van der Waals surface area contributed by atoms with Crippen molar-refractivity contribution in [1.29, 1.82) is 0 Å². The second-order valence-corrected chi connectivity index (χ2v) is 6.25. The first-order valence-corrected chi connectivity index (χ1v) is 8.23. The average molecular weight is 350 g/mol. The fourth-order valence-corrected chi connectivity index (χ4v) is 3.02. The van der Waals surface area contributed by atoms with Crippen LogP contribution in [-0.4, -0.2) is 49.3 Å². The van der Waals surface area contributed by atoms with Crippen LogP contribution in [0.5, 0.6) is 0 Å². The van der Waals surface area contributed by atoms with Gasteiger partial charge in [-0.3, -0.25) is 0 Å². The number of nitrogens with zero attached hydrogens (tertiary/aromatic N) is 1. The molecule has 1 aromatic carbocycles. The molecule has 0 radical (unpaired) electrons. The second-order valence-electron chi connectivity index (χ2n) is 5.87. The summed E-state index contributed by atoms with van der Waals surface area (Å²) in [6.45, 7) is 3.93. The minimum atomic E-state index is -0.497. The maximum atomic E-state index is 12.0. The van der Waals surface area contributed by atoms with Gasteiger partial charge < -0.3 is 19.7 Å². The molecule has 130 valence electrons. The number of ether oxygens (including phenoxy) is 2. The minimum absolute atomic E-state index is 0.317. The molecule has 0 spiro atoms. The molecule has 1 N–H and O–H groups in total. The molecule has 0 unspecified atom stereocenters. The van der Waals surface area contributed by atoms with Crippen molar-refractivity contribution in [3.8, 4) is 0 Å². The van der Waals surface area contributed by atoms with Gasteiger partial charge in [0.05, 0.1) is 31.0 Å². The molecule has 0 aromatic heterocycles. The van der Waals surface area contributed by atoms with Gasteiger partial charge in [0.1, 0.15) is 0 Å². The quantitative estimate of drug-likeness (QED) is 0.664. The lowest BCUT2D eigenvalue weighted by molar-refractivity contribution is 0.0587. The van der Waals surface area contributed by atoms with E-state index >= 15 is 0 Å². The molecule has 1 aliphatic heterocycles. The predicted molar refractivity (Wildman–Crippen MR) is 95.3 cm³/mol. The number of nitrogens with one attached hydrogen (secondary N) is 1. The molecule has 6 nitrogen and oxygen atoms in total. The summed E-state index contributed by atoms with van der Waals surface area (Å²) in [5.41, 5.74) is 1.09. The lowest BCUT2D eigenvalue weighted by Crippen LogP contribution is -2.41. The summed E-state index contributed by atoms with van der Waals surface area (Å²) >= 11 is 5.48. The Morgan fingerprint density at radius 3 is 2.58 bits per heavy atom. The molecule has 2 rings (SSSR count). The van der Waals surface area contributed by atoms with Crippen LogP contribution in [0.2, 0.25) is 0 Å². The third-order valence-corrected chi connectivity index (χ3v) is 4.39. The van der Waals surface area contributed by atoms with Crippen molar-refractivity contribution in [2.24, 2.45) is 5.92 Å². The highest BCUT2D eigenvalue weighted by Gasteiger charge is 2.21. The number of piperidine rings is 1. The summed E-state index contributed by atoms with van der Waals surface area (Å²) in [5.74, 6) is -0.407. The van der Waals surface area contributed by atoms with E-state index in [-0.39, 0.29) is 0 Å². The van der Waals surface area contributed by atoms with Gasteiger partial charge in [0.15, 0.2) is 5.11 Å². The smallest absolute Gasteiger partial charge is 0.339 e. The minimum Gasteiger partial charge on any atom is -0.465 e. The highest BCUT2D eigenvalue weighted by Crippen LogP contribution is 2.22. The van der Waals surface area contributed by atoms with E-state index in [1.54, 1.807) is 6.07 Å². The van der Waals surface area contributed by atoms with E-state index in [1.165, 1.54) is 32.8 Å². The number of anilines is 1. The molecule has 24 heavy (non-hydrogen) atoms. The summed E-state index contributed by atoms with van der Waals surface area (Å²) in [4.78, 5) is 25.8. The summed E-state index contributed by atoms with van der Waals surface area (Å²) in [7, 11) is 2.62. The average Bonchev–Trinajstić information content (AvgIpc) is 2.60. The summed E-state index contributed by atoms with van der Waals surface area (Å²) in [5, 5.41) is 3.62. The Morgan fingerprint density at radius 2 is 1.96 bits per heavy atom. The predicted octanol–water partition coefficient (Wildman–Crippen LogP) is 2.69. The number of carbonyl (C=O) groups is 2. The zero-order valence-electron chi connectivity index (χ0n) is 14.1. The highest BCUT2D eigenvalue weighted by atomic mass is 32.1. The monoisotopic (exact) mass is 350 g/mol. The van der Waals surface area contributed by atoms with Gasteiger partial charge in [-0.1, -0.05) is 6.92 Å². The number of thiocarbonyl (C=S) groups is 1. The van der Waals surface area contributed by atoms with E-state index in [2.05, 4.69) is 17.1 Å². The molecule has 7 heteroatoms. The third-order valence-electron chi connectivity index (χ3n) is 4.03. The third kappa shape index (κ3) is 4.23. The first-order chi connectivity index (χ1) is 11.5. The van der Waals surface area contributed by atoms with E-state index in [9.17, 15) is 9.59 Å². The highest BCUT2D eigenvalue weighted by molar-refractivity contribution is 7.80. The largest absolute Gasteiger partial charge is 0.465 e. The van der Waals surface area contributed by atoms with Crippen LogP contribution in [0.4, 0.5) is 5.69 Å². The molecule has 0 amide bonds. The first-order valence-electron chi connectivity index (χ1n) is 7.83. The Balaban J connectivity index is 2.26. The molecule has 0 aliphatic carbocycles. The Hall–Kier alpha value is -2.15. The molecule has 1 aromatic rings. The molecule has 1 fully saturated rings. The topological polar surface area (TPSA) is 67.9 Å². The number of hydrogen-bond donors (Lipinski definition) is 1. The standard InChI is InChI=1S/C17H22N2O4S/c1-11-5-4-8-19(10-11)17(24)18-14-9-12(15(20)22-2)6-7-13(14)16(21)23-3/h6-7,9,11H,4-5,8,10H2,1-3H3,(H,18,24)/t11-/m0/s1. The van der Waals surface area contributed by atoms with E-state index < -0.39 is 11.9 Å². The van der Waals surface area contributed by atoms with Crippen LogP contribution in [0.1, 0.15) is 40.5 Å². The summed E-state index contributed by atoms with van der Waals surface area (Å²) < 4.78 is 9.52. The summed E-state index contributed by atoms with van der Waals surface area (Å²) in [6.07, 6.45) is 2.26. The number of carbonyl (C=O) groups excluding carboxylic acids is 2. The van der Waals surface area contributed by atoms with Crippen molar-refractivity contribution >= 4 is 35.0 Å². The molecule has 1 atom stereocenters. The van der Waals surface area contributed by atoms with E-state index in [4.69, 9.17) is 21.7 Å². The van der Waals surface area contributed by atoms with Gasteiger partial charge in [-0.2, -0.15) is 0 Å². The summed E-state index contributed by atoms with van der Waals surface area (Å²) in [6, 6.07) is 4.61. The number of esters is 2. The zero-order valence-corrected chi connectivity index (χ0v) is 14.9. The van der Waals surface area contributed by atoms with Crippen molar-refractivity contribution in [1.82, 2.24) is 4.90 Å². The molecule has 1 aliphatic rings. The van der Waals surface area contributed by atoms with Crippen molar-refractivity contribution < 1.29 is 19.1 Å². The van der Waals surface area contributed by atoms with Gasteiger partial charge in [-0.05, 0) is 49.2 Å². The van der Waals surface area contributed by atoms with Gasteiger partial charge in [0.25, 0.3) is 0 Å². The van der Waals surface area contributed by atoms with E-state index in [0.29, 0.717) is 27.8 Å². The fourth-order valence-electron chi connectivity index (χ4n) is 2.75. The Kier molecular flexibility index (Phi) is 6.14. The van der Waals surface area contributed by atoms with Crippen LogP contribution < -0.4 is 5.32 Å². The van der Waals surface area contributed by atoms with E-state index in [1.807, 2.05) is 0 Å². The molecule has 1 saturated heterocycles. The Bertz CT molecular complexity index is 647. The first kappa shape index (κ1) is 18.2. The number of hydrogen-bond acceptors (Lipinski definition) is 5. The number of likely N-dealkylation sites (tertiary alicyclic amines) is 1. The zero-order chi connectivity index (χ0) is 17.7. The molecular formula is C17H22N2O4S. The number of rotatable bonds is 3. The number of benzene rings is 1. The van der Waals surface area contributed by atoms with Gasteiger partial charge in [-0.25, -0.2) is 9.59 Å². The molecular weight excluding hydrogens is 328 g/mol. The second kappa shape index (κ2) is 8.10. The molecule has 0 saturated carbocycles. The van der Waals surface area contributed by atoms with Crippen LogP contribution in [-0.2, 0) is 9.47 Å². The maximum absolute atomic E-state index is 12.0. The van der Waals surface area contributed by atoms with Crippen LogP contribution in [0.15, 0.2) is 18.2 Å². The molecule has 1 heterocycles. The van der Waals surface area contributed by atoms with Crippen molar-refractivity contribution in [3.05, 3.63) is 29.3 Å². The van der Waals surface area contributed by atoms with Crippen LogP contribution >= 0.6 is 12.2 Å². The fraction of sp³-hybridized carbons (Fsp3) is 0.471. The van der Waals surface area contributed by atoms with Crippen molar-refractivity contribution in [2.45, 2.75) is 19.8 Å². The van der Waals surface area contributed by atoms with Gasteiger partial charge in [-0.15, -0.1) is 0 Å². The Labute approximate surface area is 147 Å². The molecule has 0 bridgehead atoms. The van der Waals surface area contributed by atoms with Gasteiger partial charge in [0, 0.05) is 13.1 Å². The normalized spacial score (nSPS) is 17.1. The van der Waals surface area contributed by atoms with Crippen LogP contribution in [0.3, 0.4) is 0 Å². The lowest BCUT2D eigenvalue weighted by atomic mass is 10.0. The lowest BCUT2D eigenvalue weighted by Gasteiger charge is -2.33. The Morgan fingerprint density at radius 1 is 1.25 bits per heavy atom. The van der Waals surface area contributed by atoms with Crippen molar-refractivity contribution in [3.63, 3.8) is 0 Å². The maximum Gasteiger partial charge on any atom is 0.339 e. The van der Waals surface area contributed by atoms with Crippen LogP contribution in [0.25, 0.3) is 0 Å². The van der Waals surface area contributed by atoms with Crippen molar-refractivity contribution in [2.75, 3.05) is 32.6 Å². The van der Waals surface area contributed by atoms with Crippen LogP contribution in [0, 0.1) is 5.92 Å². The number of methoxy groups -OCH3 is 2.